The van der Waals surface area contributed by atoms with E-state index in [1.165, 1.54) is 16.3 Å². The molecule has 0 aliphatic carbocycles. The van der Waals surface area contributed by atoms with Crippen molar-refractivity contribution in [2.45, 2.75) is 32.2 Å². The van der Waals surface area contributed by atoms with Crippen molar-refractivity contribution in [2.75, 3.05) is 19.6 Å². The lowest BCUT2D eigenvalue weighted by molar-refractivity contribution is 0.316. The summed E-state index contributed by atoms with van der Waals surface area (Å²) in [4.78, 5) is 7.28. The highest BCUT2D eigenvalue weighted by Crippen LogP contribution is 2.33. The van der Waals surface area contributed by atoms with Gasteiger partial charge in [0.2, 0.25) is 0 Å². The number of likely N-dealkylation sites (tertiary alicyclic amines) is 1. The van der Waals surface area contributed by atoms with Crippen LogP contribution < -0.4 is 5.73 Å². The molecule has 3 nitrogen and oxygen atoms in total. The van der Waals surface area contributed by atoms with Gasteiger partial charge in [-0.15, -0.1) is 11.3 Å². The van der Waals surface area contributed by atoms with Crippen LogP contribution in [0.5, 0.6) is 0 Å². The van der Waals surface area contributed by atoms with Crippen LogP contribution in [0, 0.1) is 5.92 Å². The summed E-state index contributed by atoms with van der Waals surface area (Å²) in [5.74, 6) is 1.11. The molecule has 4 heteroatoms. The van der Waals surface area contributed by atoms with Crippen molar-refractivity contribution in [1.82, 2.24) is 9.88 Å². The quantitative estimate of drug-likeness (QED) is 0.889. The zero-order chi connectivity index (χ0) is 15.4. The fourth-order valence-corrected chi connectivity index (χ4v) is 4.26. The molecule has 2 atom stereocenters. The van der Waals surface area contributed by atoms with Crippen LogP contribution in [-0.2, 0) is 13.0 Å². The lowest BCUT2D eigenvalue weighted by Gasteiger charge is -2.16. The Morgan fingerprint density at radius 2 is 2.09 bits per heavy atom. The van der Waals surface area contributed by atoms with Crippen LogP contribution in [0.25, 0.3) is 0 Å². The van der Waals surface area contributed by atoms with Crippen LogP contribution in [0.1, 0.15) is 35.5 Å². The zero-order valence-corrected chi connectivity index (χ0v) is 14.1. The Balaban J connectivity index is 1.66. The summed E-state index contributed by atoms with van der Waals surface area (Å²) in [6.45, 7) is 6.10. The maximum absolute atomic E-state index is 6.02. The van der Waals surface area contributed by atoms with Crippen LogP contribution >= 0.6 is 11.3 Å². The van der Waals surface area contributed by atoms with Crippen molar-refractivity contribution in [3.63, 3.8) is 0 Å². The van der Waals surface area contributed by atoms with Gasteiger partial charge >= 0.3 is 0 Å². The van der Waals surface area contributed by atoms with Crippen molar-refractivity contribution in [1.29, 1.82) is 0 Å². The highest BCUT2D eigenvalue weighted by Gasteiger charge is 2.32. The number of nitrogens with zero attached hydrogens (tertiary/aromatic N) is 2. The van der Waals surface area contributed by atoms with Gasteiger partial charge in [0.05, 0.1) is 12.2 Å². The number of thiazole rings is 1. The minimum atomic E-state index is 0.553. The molecule has 3 rings (SSSR count). The maximum atomic E-state index is 6.02. The Kier molecular flexibility index (Phi) is 5.24. The van der Waals surface area contributed by atoms with Crippen molar-refractivity contribution < 1.29 is 0 Å². The molecule has 1 fully saturated rings. The first-order valence-electron chi connectivity index (χ1n) is 8.20. The molecule has 22 heavy (non-hydrogen) atoms. The lowest BCUT2D eigenvalue weighted by atomic mass is 9.89. The SMILES string of the molecule is CCCc1csc(CN2C[C@@H](CN)[C@H](c3ccccc3)C2)n1. The molecule has 2 N–H and O–H groups in total. The van der Waals surface area contributed by atoms with E-state index in [1.54, 1.807) is 11.3 Å². The molecule has 0 saturated carbocycles. The first-order valence-corrected chi connectivity index (χ1v) is 9.08. The Hall–Kier alpha value is -1.23. The lowest BCUT2D eigenvalue weighted by Crippen LogP contribution is -2.23. The van der Waals surface area contributed by atoms with E-state index < -0.39 is 0 Å². The molecular formula is C18H25N3S. The predicted octanol–water partition coefficient (Wildman–Crippen LogP) is 3.27. The zero-order valence-electron chi connectivity index (χ0n) is 13.2. The minimum Gasteiger partial charge on any atom is -0.330 e. The fraction of sp³-hybridized carbons (Fsp3) is 0.500. The number of rotatable bonds is 6. The molecule has 118 valence electrons. The van der Waals surface area contributed by atoms with E-state index in [9.17, 15) is 0 Å². The Bertz CT molecular complexity index is 581. The second-order valence-electron chi connectivity index (χ2n) is 6.19. The van der Waals surface area contributed by atoms with E-state index in [1.807, 2.05) is 0 Å². The molecule has 1 aromatic carbocycles. The van der Waals surface area contributed by atoms with E-state index in [2.05, 4.69) is 47.5 Å². The number of aryl methyl sites for hydroxylation is 1. The number of hydrogen-bond acceptors (Lipinski definition) is 4. The molecule has 0 bridgehead atoms. The van der Waals surface area contributed by atoms with E-state index in [-0.39, 0.29) is 0 Å². The van der Waals surface area contributed by atoms with Crippen LogP contribution in [-0.4, -0.2) is 29.5 Å². The largest absolute Gasteiger partial charge is 0.330 e. The van der Waals surface area contributed by atoms with Crippen LogP contribution in [0.4, 0.5) is 0 Å². The molecule has 2 heterocycles. The van der Waals surface area contributed by atoms with Crippen LogP contribution in [0.3, 0.4) is 0 Å². The van der Waals surface area contributed by atoms with Crippen LogP contribution in [0.2, 0.25) is 0 Å². The summed E-state index contributed by atoms with van der Waals surface area (Å²) in [5.41, 5.74) is 8.69. The summed E-state index contributed by atoms with van der Waals surface area (Å²) in [6.07, 6.45) is 2.26. The van der Waals surface area contributed by atoms with Crippen LogP contribution in [0.15, 0.2) is 35.7 Å². The summed E-state index contributed by atoms with van der Waals surface area (Å²) in [7, 11) is 0. The minimum absolute atomic E-state index is 0.553. The number of aromatic nitrogens is 1. The second kappa shape index (κ2) is 7.36. The third kappa shape index (κ3) is 3.57. The molecule has 0 unspecified atom stereocenters. The van der Waals surface area contributed by atoms with E-state index >= 15 is 0 Å². The predicted molar refractivity (Wildman–Crippen MR) is 93.1 cm³/mol. The Morgan fingerprint density at radius 1 is 1.27 bits per heavy atom. The first-order chi connectivity index (χ1) is 10.8. The van der Waals surface area contributed by atoms with Gasteiger partial charge in [0.25, 0.3) is 0 Å². The van der Waals surface area contributed by atoms with Gasteiger partial charge in [-0.3, -0.25) is 4.90 Å². The van der Waals surface area contributed by atoms with Crippen molar-refractivity contribution in [3.8, 4) is 0 Å². The van der Waals surface area contributed by atoms with E-state index in [4.69, 9.17) is 10.7 Å². The van der Waals surface area contributed by atoms with Gasteiger partial charge in [-0.1, -0.05) is 43.7 Å². The van der Waals surface area contributed by atoms with E-state index in [0.29, 0.717) is 11.8 Å². The average Bonchev–Trinajstić information content (AvgIpc) is 3.16. The smallest absolute Gasteiger partial charge is 0.107 e. The van der Waals surface area contributed by atoms with Crippen molar-refractivity contribution in [3.05, 3.63) is 52.0 Å². The van der Waals surface area contributed by atoms with Gasteiger partial charge in [0, 0.05) is 24.4 Å². The van der Waals surface area contributed by atoms with Gasteiger partial charge in [0.15, 0.2) is 0 Å². The van der Waals surface area contributed by atoms with E-state index in [0.717, 1.165) is 39.0 Å². The number of nitrogens with two attached hydrogens (primary N) is 1. The summed E-state index contributed by atoms with van der Waals surface area (Å²) in [6, 6.07) is 10.8. The molecule has 0 spiro atoms. The summed E-state index contributed by atoms with van der Waals surface area (Å²) >= 11 is 1.80. The molecule has 1 aromatic heterocycles. The standard InChI is InChI=1S/C18H25N3S/c1-2-6-16-13-22-18(20-16)12-21-10-15(9-19)17(11-21)14-7-4-3-5-8-14/h3-5,7-8,13,15,17H,2,6,9-12,19H2,1H3/t15-,17+/m1/s1. The number of hydrogen-bond donors (Lipinski definition) is 1. The molecule has 0 radical (unpaired) electrons. The second-order valence-corrected chi connectivity index (χ2v) is 7.13. The summed E-state index contributed by atoms with van der Waals surface area (Å²) in [5, 5.41) is 3.46. The Morgan fingerprint density at radius 3 is 2.82 bits per heavy atom. The maximum Gasteiger partial charge on any atom is 0.107 e. The highest BCUT2D eigenvalue weighted by atomic mass is 32.1. The van der Waals surface area contributed by atoms with Gasteiger partial charge < -0.3 is 5.73 Å². The molecule has 1 saturated heterocycles. The van der Waals surface area contributed by atoms with Gasteiger partial charge in [-0.25, -0.2) is 4.98 Å². The Labute approximate surface area is 137 Å². The normalized spacial score (nSPS) is 22.3. The van der Waals surface area contributed by atoms with Crippen molar-refractivity contribution in [2.24, 2.45) is 11.7 Å². The number of benzene rings is 1. The third-order valence-electron chi connectivity index (χ3n) is 4.51. The molecule has 1 aliphatic heterocycles. The topological polar surface area (TPSA) is 42.1 Å². The third-order valence-corrected chi connectivity index (χ3v) is 5.39. The van der Waals surface area contributed by atoms with Gasteiger partial charge in [-0.05, 0) is 24.4 Å². The molecular weight excluding hydrogens is 290 g/mol. The van der Waals surface area contributed by atoms with Crippen molar-refractivity contribution >= 4 is 11.3 Å². The first kappa shape index (κ1) is 15.7. The molecule has 0 amide bonds. The average molecular weight is 315 g/mol. The molecule has 1 aliphatic rings. The molecule has 2 aromatic rings. The van der Waals surface area contributed by atoms with Gasteiger partial charge in [-0.2, -0.15) is 0 Å². The summed E-state index contributed by atoms with van der Waals surface area (Å²) < 4.78 is 0. The fourth-order valence-electron chi connectivity index (χ4n) is 3.39. The van der Waals surface area contributed by atoms with Gasteiger partial charge in [0.1, 0.15) is 5.01 Å². The highest BCUT2D eigenvalue weighted by molar-refractivity contribution is 7.09. The monoisotopic (exact) mass is 315 g/mol.